The van der Waals surface area contributed by atoms with Crippen molar-refractivity contribution in [1.82, 2.24) is 5.32 Å². The van der Waals surface area contributed by atoms with Crippen LogP contribution in [0.15, 0.2) is 36.4 Å². The Morgan fingerprint density at radius 2 is 1.95 bits per heavy atom. The molecule has 0 aliphatic rings. The maximum Gasteiger partial charge on any atom is 0.131 e. The Bertz CT molecular complexity index is 545. The van der Waals surface area contributed by atoms with E-state index in [0.29, 0.717) is 18.7 Å². The average Bonchev–Trinajstić information content (AvgIpc) is 2.76. The van der Waals surface area contributed by atoms with E-state index in [9.17, 15) is 9.50 Å². The van der Waals surface area contributed by atoms with E-state index in [1.165, 1.54) is 6.07 Å². The van der Waals surface area contributed by atoms with Gasteiger partial charge in [0, 0.05) is 28.4 Å². The van der Waals surface area contributed by atoms with Crippen molar-refractivity contribution in [1.29, 1.82) is 0 Å². The van der Waals surface area contributed by atoms with Gasteiger partial charge in [0.1, 0.15) is 5.82 Å². The summed E-state index contributed by atoms with van der Waals surface area (Å²) < 4.78 is 13.7. The highest BCUT2D eigenvalue weighted by Gasteiger charge is 2.12. The van der Waals surface area contributed by atoms with Crippen molar-refractivity contribution in [3.05, 3.63) is 47.1 Å². The lowest BCUT2D eigenvalue weighted by Gasteiger charge is -2.17. The van der Waals surface area contributed by atoms with Crippen molar-refractivity contribution in [2.75, 3.05) is 6.54 Å². The van der Waals surface area contributed by atoms with Gasteiger partial charge in [-0.05, 0) is 32.0 Å². The van der Waals surface area contributed by atoms with Gasteiger partial charge in [0.15, 0.2) is 0 Å². The van der Waals surface area contributed by atoms with Gasteiger partial charge in [-0.25, -0.2) is 4.39 Å². The lowest BCUT2D eigenvalue weighted by atomic mass is 10.1. The van der Waals surface area contributed by atoms with Gasteiger partial charge in [0.25, 0.3) is 0 Å². The predicted octanol–water partition coefficient (Wildman–Crippen LogP) is 3.41. The maximum absolute atomic E-state index is 13.7. The molecular weight excluding hydrogens is 261 g/mol. The van der Waals surface area contributed by atoms with Gasteiger partial charge in [-0.2, -0.15) is 0 Å². The number of thiophene rings is 1. The topological polar surface area (TPSA) is 32.3 Å². The molecule has 0 amide bonds. The van der Waals surface area contributed by atoms with E-state index in [1.807, 2.05) is 18.2 Å². The fourth-order valence-electron chi connectivity index (χ4n) is 1.77. The van der Waals surface area contributed by atoms with Crippen molar-refractivity contribution in [2.24, 2.45) is 0 Å². The molecule has 1 aromatic heterocycles. The molecule has 0 aliphatic carbocycles. The highest BCUT2D eigenvalue weighted by atomic mass is 32.1. The van der Waals surface area contributed by atoms with E-state index in [2.05, 4.69) is 5.32 Å². The standard InChI is InChI=1S/C15H18FNOS/c1-15(2,18)10-17-9-11-7-8-14(19-11)12-5-3-4-6-13(12)16/h3-8,17-18H,9-10H2,1-2H3. The normalized spacial score (nSPS) is 11.8. The van der Waals surface area contributed by atoms with Crippen LogP contribution in [0.5, 0.6) is 0 Å². The van der Waals surface area contributed by atoms with E-state index in [-0.39, 0.29) is 5.82 Å². The predicted molar refractivity (Wildman–Crippen MR) is 77.7 cm³/mol. The Morgan fingerprint density at radius 1 is 1.21 bits per heavy atom. The average molecular weight is 279 g/mol. The number of hydrogen-bond acceptors (Lipinski definition) is 3. The zero-order chi connectivity index (χ0) is 13.9. The van der Waals surface area contributed by atoms with Gasteiger partial charge in [-0.15, -0.1) is 11.3 Å². The van der Waals surface area contributed by atoms with Gasteiger partial charge >= 0.3 is 0 Å². The minimum absolute atomic E-state index is 0.194. The molecule has 19 heavy (non-hydrogen) atoms. The minimum atomic E-state index is -0.717. The zero-order valence-corrected chi connectivity index (χ0v) is 11.9. The van der Waals surface area contributed by atoms with Gasteiger partial charge in [-0.3, -0.25) is 0 Å². The Kier molecular flexibility index (Phi) is 4.34. The van der Waals surface area contributed by atoms with Gasteiger partial charge in [0.2, 0.25) is 0 Å². The number of hydrogen-bond donors (Lipinski definition) is 2. The molecule has 2 nitrogen and oxygen atoms in total. The van der Waals surface area contributed by atoms with Crippen LogP contribution in [0, 0.1) is 5.82 Å². The summed E-state index contributed by atoms with van der Waals surface area (Å²) in [5, 5.41) is 12.8. The SMILES string of the molecule is CC(C)(O)CNCc1ccc(-c2ccccc2F)s1. The molecule has 0 spiro atoms. The third-order valence-electron chi connectivity index (χ3n) is 2.66. The van der Waals surface area contributed by atoms with E-state index < -0.39 is 5.60 Å². The first-order valence-electron chi connectivity index (χ1n) is 6.22. The van der Waals surface area contributed by atoms with E-state index in [1.54, 1.807) is 37.3 Å². The van der Waals surface area contributed by atoms with E-state index in [4.69, 9.17) is 0 Å². The Morgan fingerprint density at radius 3 is 2.63 bits per heavy atom. The molecule has 2 aromatic rings. The Labute approximate surface area is 116 Å². The molecule has 1 aromatic carbocycles. The summed E-state index contributed by atoms with van der Waals surface area (Å²) in [6.45, 7) is 4.74. The highest BCUT2D eigenvalue weighted by Crippen LogP contribution is 2.29. The summed E-state index contributed by atoms with van der Waals surface area (Å²) in [4.78, 5) is 2.06. The van der Waals surface area contributed by atoms with Gasteiger partial charge < -0.3 is 10.4 Å². The monoisotopic (exact) mass is 279 g/mol. The lowest BCUT2D eigenvalue weighted by Crippen LogP contribution is -2.34. The molecule has 0 radical (unpaired) electrons. The number of aliphatic hydroxyl groups is 1. The second-order valence-corrected chi connectivity index (χ2v) is 6.33. The third-order valence-corrected chi connectivity index (χ3v) is 3.78. The molecule has 4 heteroatoms. The molecule has 0 unspecified atom stereocenters. The number of nitrogens with one attached hydrogen (secondary N) is 1. The largest absolute Gasteiger partial charge is 0.389 e. The fraction of sp³-hybridized carbons (Fsp3) is 0.333. The van der Waals surface area contributed by atoms with Crippen LogP contribution < -0.4 is 5.32 Å². The lowest BCUT2D eigenvalue weighted by molar-refractivity contribution is 0.0796. The van der Waals surface area contributed by atoms with Crippen molar-refractivity contribution >= 4 is 11.3 Å². The van der Waals surface area contributed by atoms with Crippen LogP contribution in [-0.2, 0) is 6.54 Å². The Hall–Kier alpha value is -1.23. The number of halogens is 1. The smallest absolute Gasteiger partial charge is 0.131 e. The third kappa shape index (κ3) is 4.13. The zero-order valence-electron chi connectivity index (χ0n) is 11.1. The van der Waals surface area contributed by atoms with E-state index >= 15 is 0 Å². The maximum atomic E-state index is 13.7. The van der Waals surface area contributed by atoms with Gasteiger partial charge in [0.05, 0.1) is 5.60 Å². The second kappa shape index (κ2) is 5.82. The quantitative estimate of drug-likeness (QED) is 0.879. The fourth-order valence-corrected chi connectivity index (χ4v) is 2.77. The molecule has 0 atom stereocenters. The molecule has 0 saturated carbocycles. The molecule has 0 aliphatic heterocycles. The summed E-state index contributed by atoms with van der Waals surface area (Å²) in [6, 6.07) is 10.7. The first-order valence-corrected chi connectivity index (χ1v) is 7.04. The van der Waals surface area contributed by atoms with Crippen molar-refractivity contribution in [3.8, 4) is 10.4 Å². The molecule has 0 fully saturated rings. The van der Waals surface area contributed by atoms with E-state index in [0.717, 1.165) is 9.75 Å². The minimum Gasteiger partial charge on any atom is -0.389 e. The van der Waals surface area contributed by atoms with Crippen LogP contribution in [0.2, 0.25) is 0 Å². The number of rotatable bonds is 5. The summed E-state index contributed by atoms with van der Waals surface area (Å²) in [7, 11) is 0. The molecule has 0 bridgehead atoms. The molecule has 2 rings (SSSR count). The van der Waals surface area contributed by atoms with Crippen LogP contribution in [0.25, 0.3) is 10.4 Å². The first-order chi connectivity index (χ1) is 8.96. The molecule has 102 valence electrons. The van der Waals surface area contributed by atoms with Crippen molar-refractivity contribution in [3.63, 3.8) is 0 Å². The van der Waals surface area contributed by atoms with Crippen LogP contribution in [0.4, 0.5) is 4.39 Å². The molecule has 2 N–H and O–H groups in total. The van der Waals surface area contributed by atoms with Crippen molar-refractivity contribution in [2.45, 2.75) is 26.0 Å². The van der Waals surface area contributed by atoms with Crippen LogP contribution >= 0.6 is 11.3 Å². The van der Waals surface area contributed by atoms with Crippen LogP contribution in [-0.4, -0.2) is 17.3 Å². The highest BCUT2D eigenvalue weighted by molar-refractivity contribution is 7.15. The second-order valence-electron chi connectivity index (χ2n) is 5.16. The van der Waals surface area contributed by atoms with Crippen LogP contribution in [0.3, 0.4) is 0 Å². The summed E-state index contributed by atoms with van der Waals surface area (Å²) >= 11 is 1.57. The van der Waals surface area contributed by atoms with Crippen molar-refractivity contribution < 1.29 is 9.50 Å². The summed E-state index contributed by atoms with van der Waals surface area (Å²) in [5.41, 5.74) is -0.0766. The van der Waals surface area contributed by atoms with Gasteiger partial charge in [-0.1, -0.05) is 18.2 Å². The first kappa shape index (κ1) is 14.2. The Balaban J connectivity index is 2.02. The summed E-state index contributed by atoms with van der Waals surface area (Å²) in [6.07, 6.45) is 0. The van der Waals surface area contributed by atoms with Crippen LogP contribution in [0.1, 0.15) is 18.7 Å². The molecule has 1 heterocycles. The molecular formula is C15H18FNOS. The summed E-state index contributed by atoms with van der Waals surface area (Å²) in [5.74, 6) is -0.194. The number of benzene rings is 1. The molecule has 0 saturated heterocycles.